The second-order valence-corrected chi connectivity index (χ2v) is 8.92. The van der Waals surface area contributed by atoms with Crippen LogP contribution in [0.3, 0.4) is 0 Å². The number of aryl methyl sites for hydroxylation is 1. The maximum Gasteiger partial charge on any atom is 0.191 e. The zero-order valence-electron chi connectivity index (χ0n) is 18.8. The standard InChI is InChI=1S/C21H39N7O/c1-15(2)18(27-10-8-16(3)9-11-27)12-23-21(22-4)24-17-6-7-20-25-19(14-29-5)26-28(20)13-17/h15-18H,6-14H2,1-5H3,(H2,22,23,24). The number of rotatable bonds is 7. The summed E-state index contributed by atoms with van der Waals surface area (Å²) < 4.78 is 7.17. The SMILES string of the molecule is CN=C(NCC(C(C)C)N1CCC(C)CC1)NC1CCc2nc(COC)nn2C1. The molecule has 1 saturated heterocycles. The van der Waals surface area contributed by atoms with Crippen LogP contribution in [-0.2, 0) is 24.3 Å². The van der Waals surface area contributed by atoms with Gasteiger partial charge in [-0.25, -0.2) is 9.67 Å². The van der Waals surface area contributed by atoms with E-state index in [2.05, 4.69) is 51.4 Å². The lowest BCUT2D eigenvalue weighted by molar-refractivity contribution is 0.110. The molecule has 8 nitrogen and oxygen atoms in total. The number of aliphatic imine (C=N–C) groups is 1. The van der Waals surface area contributed by atoms with Crippen molar-refractivity contribution >= 4 is 5.96 Å². The molecule has 0 spiro atoms. The molecular weight excluding hydrogens is 366 g/mol. The fourth-order valence-corrected chi connectivity index (χ4v) is 4.40. The summed E-state index contributed by atoms with van der Waals surface area (Å²) in [6, 6.07) is 0.838. The maximum atomic E-state index is 5.16. The minimum absolute atomic E-state index is 0.305. The van der Waals surface area contributed by atoms with Gasteiger partial charge < -0.3 is 15.4 Å². The van der Waals surface area contributed by atoms with Crippen LogP contribution in [0.2, 0.25) is 0 Å². The fraction of sp³-hybridized carbons (Fsp3) is 0.857. The Balaban J connectivity index is 1.52. The van der Waals surface area contributed by atoms with E-state index in [1.165, 1.54) is 25.9 Å². The number of ether oxygens (including phenoxy) is 1. The summed E-state index contributed by atoms with van der Waals surface area (Å²) in [5.41, 5.74) is 0. The minimum Gasteiger partial charge on any atom is -0.377 e. The molecule has 3 rings (SSSR count). The summed E-state index contributed by atoms with van der Waals surface area (Å²) in [5, 5.41) is 11.7. The van der Waals surface area contributed by atoms with Crippen LogP contribution in [-0.4, -0.2) is 71.5 Å². The number of nitrogens with zero attached hydrogens (tertiary/aromatic N) is 5. The van der Waals surface area contributed by atoms with Gasteiger partial charge in [0, 0.05) is 39.2 Å². The zero-order valence-corrected chi connectivity index (χ0v) is 18.8. The number of piperidine rings is 1. The van der Waals surface area contributed by atoms with Crippen LogP contribution in [0.15, 0.2) is 4.99 Å². The van der Waals surface area contributed by atoms with E-state index in [1.807, 2.05) is 11.7 Å². The summed E-state index contributed by atoms with van der Waals surface area (Å²) in [6.45, 7) is 11.6. The van der Waals surface area contributed by atoms with Gasteiger partial charge in [-0.05, 0) is 44.2 Å². The molecule has 164 valence electrons. The second-order valence-electron chi connectivity index (χ2n) is 8.92. The van der Waals surface area contributed by atoms with Crippen LogP contribution in [0.5, 0.6) is 0 Å². The molecule has 0 saturated carbocycles. The molecule has 0 bridgehead atoms. The van der Waals surface area contributed by atoms with Gasteiger partial charge in [0.05, 0.1) is 6.54 Å². The highest BCUT2D eigenvalue weighted by atomic mass is 16.5. The van der Waals surface area contributed by atoms with Crippen molar-refractivity contribution < 1.29 is 4.74 Å². The van der Waals surface area contributed by atoms with E-state index in [1.54, 1.807) is 7.11 Å². The number of guanidine groups is 1. The van der Waals surface area contributed by atoms with E-state index in [0.29, 0.717) is 24.6 Å². The first-order valence-corrected chi connectivity index (χ1v) is 11.1. The summed E-state index contributed by atoms with van der Waals surface area (Å²) in [6.07, 6.45) is 4.57. The Morgan fingerprint density at radius 2 is 2.03 bits per heavy atom. The largest absolute Gasteiger partial charge is 0.377 e. The molecule has 0 radical (unpaired) electrons. The van der Waals surface area contributed by atoms with Crippen molar-refractivity contribution in [1.29, 1.82) is 0 Å². The van der Waals surface area contributed by atoms with Gasteiger partial charge in [0.25, 0.3) is 0 Å². The molecular formula is C21H39N7O. The first-order chi connectivity index (χ1) is 14.0. The Kier molecular flexibility index (Phi) is 7.89. The van der Waals surface area contributed by atoms with Crippen LogP contribution in [0.25, 0.3) is 0 Å². The fourth-order valence-electron chi connectivity index (χ4n) is 4.40. The average Bonchev–Trinajstić information content (AvgIpc) is 3.10. The molecule has 1 fully saturated rings. The normalized spacial score (nSPS) is 22.6. The van der Waals surface area contributed by atoms with E-state index < -0.39 is 0 Å². The van der Waals surface area contributed by atoms with Crippen molar-refractivity contribution in [2.75, 3.05) is 33.8 Å². The third-order valence-corrected chi connectivity index (χ3v) is 6.28. The molecule has 1 aromatic heterocycles. The minimum atomic E-state index is 0.305. The predicted octanol–water partition coefficient (Wildman–Crippen LogP) is 1.66. The lowest BCUT2D eigenvalue weighted by Crippen LogP contribution is -2.53. The number of fused-ring (bicyclic) bond motifs is 1. The van der Waals surface area contributed by atoms with E-state index in [0.717, 1.165) is 49.5 Å². The number of nitrogens with one attached hydrogen (secondary N) is 2. The summed E-state index contributed by atoms with van der Waals surface area (Å²) >= 11 is 0. The molecule has 2 atom stereocenters. The summed E-state index contributed by atoms with van der Waals surface area (Å²) in [7, 11) is 3.53. The van der Waals surface area contributed by atoms with Crippen molar-refractivity contribution in [3.63, 3.8) is 0 Å². The smallest absolute Gasteiger partial charge is 0.191 e. The second kappa shape index (κ2) is 10.4. The predicted molar refractivity (Wildman–Crippen MR) is 116 cm³/mol. The van der Waals surface area contributed by atoms with E-state index in [-0.39, 0.29) is 0 Å². The van der Waals surface area contributed by atoms with Crippen molar-refractivity contribution in [1.82, 2.24) is 30.3 Å². The average molecular weight is 406 g/mol. The van der Waals surface area contributed by atoms with Gasteiger partial charge in [-0.3, -0.25) is 9.89 Å². The topological polar surface area (TPSA) is 79.6 Å². The first-order valence-electron chi connectivity index (χ1n) is 11.1. The lowest BCUT2D eigenvalue weighted by Gasteiger charge is -2.39. The lowest BCUT2D eigenvalue weighted by atomic mass is 9.94. The Hall–Kier alpha value is -1.67. The number of hydrogen-bond donors (Lipinski definition) is 2. The molecule has 8 heteroatoms. The van der Waals surface area contributed by atoms with E-state index >= 15 is 0 Å². The van der Waals surface area contributed by atoms with Crippen LogP contribution in [0, 0.1) is 11.8 Å². The van der Waals surface area contributed by atoms with Gasteiger partial charge >= 0.3 is 0 Å². The summed E-state index contributed by atoms with van der Waals surface area (Å²) in [4.78, 5) is 11.7. The molecule has 1 aromatic rings. The van der Waals surface area contributed by atoms with Crippen LogP contribution < -0.4 is 10.6 Å². The highest BCUT2D eigenvalue weighted by molar-refractivity contribution is 5.80. The molecule has 2 aliphatic rings. The van der Waals surface area contributed by atoms with Crippen molar-refractivity contribution in [3.05, 3.63) is 11.6 Å². The van der Waals surface area contributed by atoms with Gasteiger partial charge in [0.15, 0.2) is 11.8 Å². The van der Waals surface area contributed by atoms with E-state index in [4.69, 9.17) is 4.74 Å². The van der Waals surface area contributed by atoms with Crippen molar-refractivity contribution in [2.24, 2.45) is 16.8 Å². The molecule has 0 amide bonds. The summed E-state index contributed by atoms with van der Waals surface area (Å²) in [5.74, 6) is 4.17. The number of likely N-dealkylation sites (tertiary alicyclic amines) is 1. The monoisotopic (exact) mass is 405 g/mol. The Morgan fingerprint density at radius 1 is 1.28 bits per heavy atom. The Morgan fingerprint density at radius 3 is 2.69 bits per heavy atom. The van der Waals surface area contributed by atoms with Gasteiger partial charge in [-0.2, -0.15) is 5.10 Å². The molecule has 2 unspecified atom stereocenters. The Labute approximate surface area is 175 Å². The molecule has 29 heavy (non-hydrogen) atoms. The first kappa shape index (κ1) is 22.0. The number of methoxy groups -OCH3 is 1. The zero-order chi connectivity index (χ0) is 20.8. The van der Waals surface area contributed by atoms with Crippen LogP contribution >= 0.6 is 0 Å². The van der Waals surface area contributed by atoms with Crippen LogP contribution in [0.1, 0.15) is 51.7 Å². The Bertz CT molecular complexity index is 664. The molecule has 0 aromatic carbocycles. The highest BCUT2D eigenvalue weighted by Gasteiger charge is 2.26. The maximum absolute atomic E-state index is 5.16. The van der Waals surface area contributed by atoms with Crippen molar-refractivity contribution in [2.45, 2.75) is 71.7 Å². The molecule has 2 N–H and O–H groups in total. The van der Waals surface area contributed by atoms with Gasteiger partial charge in [0.2, 0.25) is 0 Å². The van der Waals surface area contributed by atoms with Gasteiger partial charge in [-0.1, -0.05) is 20.8 Å². The molecule has 2 aliphatic heterocycles. The molecule has 3 heterocycles. The number of hydrogen-bond acceptors (Lipinski definition) is 5. The van der Waals surface area contributed by atoms with Gasteiger partial charge in [-0.15, -0.1) is 0 Å². The quantitative estimate of drug-likeness (QED) is 0.531. The highest BCUT2D eigenvalue weighted by Crippen LogP contribution is 2.21. The third kappa shape index (κ3) is 5.92. The van der Waals surface area contributed by atoms with Crippen LogP contribution in [0.4, 0.5) is 0 Å². The molecule has 0 aliphatic carbocycles. The number of aromatic nitrogens is 3. The van der Waals surface area contributed by atoms with E-state index in [9.17, 15) is 0 Å². The van der Waals surface area contributed by atoms with Gasteiger partial charge in [0.1, 0.15) is 12.4 Å². The third-order valence-electron chi connectivity index (χ3n) is 6.28. The van der Waals surface area contributed by atoms with Crippen molar-refractivity contribution in [3.8, 4) is 0 Å².